The Morgan fingerprint density at radius 3 is 2.40 bits per heavy atom. The van der Waals surface area contributed by atoms with Gasteiger partial charge in [0.2, 0.25) is 0 Å². The van der Waals surface area contributed by atoms with Gasteiger partial charge in [-0.05, 0) is 60.4 Å². The van der Waals surface area contributed by atoms with Crippen molar-refractivity contribution in [2.24, 2.45) is 5.92 Å². The predicted molar refractivity (Wildman–Crippen MR) is 114 cm³/mol. The van der Waals surface area contributed by atoms with Crippen molar-refractivity contribution in [3.05, 3.63) is 93.1 Å². The van der Waals surface area contributed by atoms with Gasteiger partial charge in [-0.3, -0.25) is 9.59 Å². The summed E-state index contributed by atoms with van der Waals surface area (Å²) in [6, 6.07) is 16.8. The van der Waals surface area contributed by atoms with Crippen LogP contribution < -0.4 is 5.56 Å². The number of halogens is 2. The average molecular weight is 423 g/mol. The Morgan fingerprint density at radius 1 is 0.933 bits per heavy atom. The molecule has 5 rings (SSSR count). The molecule has 2 aliphatic heterocycles. The standard InChI is InChI=1S/C24H20ClFN2O2/c25-19-5-1-16(2-6-19)21-9-10-22(29)28-13-15-11-18(23(21)28)14-27(12-15)24(30)17-3-7-20(26)8-4-17/h1-10,15,18H,11-14H2/t15-,18+/m0/s1. The maximum atomic E-state index is 13.2. The Kier molecular flexibility index (Phi) is 4.70. The number of aromatic nitrogens is 1. The van der Waals surface area contributed by atoms with Crippen molar-refractivity contribution in [3.8, 4) is 11.1 Å². The van der Waals surface area contributed by atoms with Crippen molar-refractivity contribution >= 4 is 17.5 Å². The Hall–Kier alpha value is -2.92. The van der Waals surface area contributed by atoms with Crippen molar-refractivity contribution < 1.29 is 9.18 Å². The van der Waals surface area contributed by atoms with Crippen molar-refractivity contribution in [1.82, 2.24) is 9.47 Å². The molecule has 1 aromatic heterocycles. The Labute approximate surface area is 178 Å². The largest absolute Gasteiger partial charge is 0.338 e. The van der Waals surface area contributed by atoms with E-state index in [-0.39, 0.29) is 29.1 Å². The number of amides is 1. The summed E-state index contributed by atoms with van der Waals surface area (Å²) in [5, 5.41) is 0.662. The Balaban J connectivity index is 1.53. The highest BCUT2D eigenvalue weighted by atomic mass is 35.5. The lowest BCUT2D eigenvalue weighted by Gasteiger charge is -2.43. The number of hydrogen-bond donors (Lipinski definition) is 0. The highest BCUT2D eigenvalue weighted by molar-refractivity contribution is 6.30. The lowest BCUT2D eigenvalue weighted by molar-refractivity contribution is 0.0595. The first kappa shape index (κ1) is 19.1. The molecule has 30 heavy (non-hydrogen) atoms. The van der Waals surface area contributed by atoms with E-state index in [0.717, 1.165) is 23.2 Å². The number of piperidine rings is 1. The first-order chi connectivity index (χ1) is 14.5. The summed E-state index contributed by atoms with van der Waals surface area (Å²) < 4.78 is 15.1. The van der Waals surface area contributed by atoms with Gasteiger partial charge in [0.05, 0.1) is 0 Å². The van der Waals surface area contributed by atoms with Crippen LogP contribution in [0.1, 0.15) is 28.4 Å². The highest BCUT2D eigenvalue weighted by Crippen LogP contribution is 2.40. The smallest absolute Gasteiger partial charge is 0.253 e. The third-order valence-electron chi connectivity index (χ3n) is 6.12. The minimum atomic E-state index is -0.358. The number of carbonyl (C=O) groups is 1. The molecule has 0 aliphatic carbocycles. The molecule has 0 saturated carbocycles. The number of rotatable bonds is 2. The van der Waals surface area contributed by atoms with E-state index in [4.69, 9.17) is 11.6 Å². The molecule has 3 aromatic rings. The predicted octanol–water partition coefficient (Wildman–Crippen LogP) is 4.57. The van der Waals surface area contributed by atoms with Gasteiger partial charge >= 0.3 is 0 Å². The molecule has 6 heteroatoms. The van der Waals surface area contributed by atoms with Gasteiger partial charge in [0.1, 0.15) is 5.82 Å². The van der Waals surface area contributed by atoms with Gasteiger partial charge in [0.15, 0.2) is 0 Å². The van der Waals surface area contributed by atoms with Crippen LogP contribution in [-0.2, 0) is 6.54 Å². The molecule has 1 amide bonds. The van der Waals surface area contributed by atoms with Crippen LogP contribution in [0.25, 0.3) is 11.1 Å². The lowest BCUT2D eigenvalue weighted by atomic mass is 9.80. The van der Waals surface area contributed by atoms with Crippen LogP contribution >= 0.6 is 11.6 Å². The van der Waals surface area contributed by atoms with E-state index < -0.39 is 0 Å². The fourth-order valence-electron chi connectivity index (χ4n) is 4.83. The number of pyridine rings is 1. The van der Waals surface area contributed by atoms with Gasteiger partial charge in [0.25, 0.3) is 11.5 Å². The summed E-state index contributed by atoms with van der Waals surface area (Å²) in [6.07, 6.45) is 0.942. The molecule has 1 fully saturated rings. The summed E-state index contributed by atoms with van der Waals surface area (Å²) in [5.74, 6) is -0.160. The molecule has 1 saturated heterocycles. The van der Waals surface area contributed by atoms with Gasteiger partial charge in [-0.2, -0.15) is 0 Å². The maximum Gasteiger partial charge on any atom is 0.253 e. The van der Waals surface area contributed by atoms with Crippen LogP contribution in [0.2, 0.25) is 5.02 Å². The minimum absolute atomic E-state index is 0.00396. The number of nitrogens with zero attached hydrogens (tertiary/aromatic N) is 2. The Morgan fingerprint density at radius 2 is 1.67 bits per heavy atom. The first-order valence-electron chi connectivity index (χ1n) is 10.0. The van der Waals surface area contributed by atoms with E-state index in [9.17, 15) is 14.0 Å². The van der Waals surface area contributed by atoms with Crippen LogP contribution in [-0.4, -0.2) is 28.5 Å². The van der Waals surface area contributed by atoms with Crippen LogP contribution in [0.5, 0.6) is 0 Å². The zero-order valence-electron chi connectivity index (χ0n) is 16.2. The van der Waals surface area contributed by atoms with Crippen LogP contribution in [0.4, 0.5) is 4.39 Å². The number of carbonyl (C=O) groups excluding carboxylic acids is 1. The number of benzene rings is 2. The summed E-state index contributed by atoms with van der Waals surface area (Å²) in [5.41, 5.74) is 3.47. The third-order valence-corrected chi connectivity index (χ3v) is 6.38. The average Bonchev–Trinajstić information content (AvgIpc) is 2.75. The van der Waals surface area contributed by atoms with Gasteiger partial charge in [0, 0.05) is 53.5 Å². The topological polar surface area (TPSA) is 42.3 Å². The molecule has 4 nitrogen and oxygen atoms in total. The molecule has 0 N–H and O–H groups in total. The molecule has 0 spiro atoms. The van der Waals surface area contributed by atoms with Crippen molar-refractivity contribution in [3.63, 3.8) is 0 Å². The van der Waals surface area contributed by atoms with Gasteiger partial charge in [-0.15, -0.1) is 0 Å². The van der Waals surface area contributed by atoms with Crippen molar-refractivity contribution in [2.75, 3.05) is 13.1 Å². The third kappa shape index (κ3) is 3.33. The van der Waals surface area contributed by atoms with Gasteiger partial charge in [-0.25, -0.2) is 4.39 Å². The van der Waals surface area contributed by atoms with Crippen LogP contribution in [0, 0.1) is 11.7 Å². The summed E-state index contributed by atoms with van der Waals surface area (Å²) in [6.45, 7) is 1.74. The molecular weight excluding hydrogens is 403 g/mol. The number of hydrogen-bond acceptors (Lipinski definition) is 2. The van der Waals surface area contributed by atoms with Crippen LogP contribution in [0.3, 0.4) is 0 Å². The fourth-order valence-corrected chi connectivity index (χ4v) is 4.96. The molecule has 0 radical (unpaired) electrons. The van der Waals surface area contributed by atoms with Gasteiger partial charge < -0.3 is 9.47 Å². The summed E-state index contributed by atoms with van der Waals surface area (Å²) in [7, 11) is 0. The monoisotopic (exact) mass is 422 g/mol. The van der Waals surface area contributed by atoms with Crippen molar-refractivity contribution in [2.45, 2.75) is 18.9 Å². The van der Waals surface area contributed by atoms with E-state index in [1.807, 2.05) is 39.8 Å². The van der Waals surface area contributed by atoms with E-state index >= 15 is 0 Å². The van der Waals surface area contributed by atoms with E-state index in [0.29, 0.717) is 30.2 Å². The molecule has 2 aliphatic rings. The molecule has 152 valence electrons. The highest BCUT2D eigenvalue weighted by Gasteiger charge is 2.38. The lowest BCUT2D eigenvalue weighted by Crippen LogP contribution is -2.49. The quantitative estimate of drug-likeness (QED) is 0.607. The van der Waals surface area contributed by atoms with E-state index in [2.05, 4.69) is 0 Å². The normalized spacial score (nSPS) is 20.0. The van der Waals surface area contributed by atoms with E-state index in [1.165, 1.54) is 24.3 Å². The Bertz CT molecular complexity index is 1170. The first-order valence-corrected chi connectivity index (χ1v) is 10.4. The number of likely N-dealkylation sites (tertiary alicyclic amines) is 1. The molecule has 2 bridgehead atoms. The van der Waals surface area contributed by atoms with Gasteiger partial charge in [-0.1, -0.05) is 23.7 Å². The SMILES string of the molecule is O=C(c1ccc(F)cc1)N1C[C@@H]2C[C@H](C1)c1c(-c3ccc(Cl)cc3)ccc(=O)n1C2. The van der Waals surface area contributed by atoms with Crippen molar-refractivity contribution in [1.29, 1.82) is 0 Å². The second kappa shape index (κ2) is 7.40. The zero-order valence-corrected chi connectivity index (χ0v) is 17.0. The maximum absolute atomic E-state index is 13.2. The fraction of sp³-hybridized carbons (Fsp3) is 0.250. The van der Waals surface area contributed by atoms with E-state index in [1.54, 1.807) is 6.07 Å². The molecular formula is C24H20ClFN2O2. The summed E-state index contributed by atoms with van der Waals surface area (Å²) >= 11 is 6.05. The molecule has 2 atom stereocenters. The minimum Gasteiger partial charge on any atom is -0.338 e. The summed E-state index contributed by atoms with van der Waals surface area (Å²) in [4.78, 5) is 27.5. The second-order valence-electron chi connectivity index (χ2n) is 8.10. The zero-order chi connectivity index (χ0) is 20.8. The molecule has 0 unspecified atom stereocenters. The molecule has 3 heterocycles. The van der Waals surface area contributed by atoms with Crippen LogP contribution in [0.15, 0.2) is 65.5 Å². The second-order valence-corrected chi connectivity index (χ2v) is 8.54. The molecule has 2 aromatic carbocycles. The number of fused-ring (bicyclic) bond motifs is 4.